The van der Waals surface area contributed by atoms with E-state index in [1.54, 1.807) is 0 Å². The van der Waals surface area contributed by atoms with Gasteiger partial charge in [0.25, 0.3) is 0 Å². The highest BCUT2D eigenvalue weighted by Crippen LogP contribution is 2.52. The number of benzene rings is 1. The summed E-state index contributed by atoms with van der Waals surface area (Å²) in [5.74, 6) is -13.3. The van der Waals surface area contributed by atoms with Crippen molar-refractivity contribution in [1.29, 1.82) is 0 Å². The number of carbonyl (C=O) groups excluding carboxylic acids is 5. The van der Waals surface area contributed by atoms with Crippen LogP contribution in [0.25, 0.3) is 0 Å². The Kier molecular flexibility index (Phi) is 7.14. The molecule has 10 nitrogen and oxygen atoms in total. The van der Waals surface area contributed by atoms with E-state index in [1.807, 2.05) is 4.90 Å². The maximum atomic E-state index is 14.6. The minimum atomic E-state index is -4.88. The summed E-state index contributed by atoms with van der Waals surface area (Å²) in [6.07, 6.45) is -3.02. The Morgan fingerprint density at radius 2 is 1.76 bits per heavy atom. The predicted octanol–water partition coefficient (Wildman–Crippen LogP) is 0.872. The molecule has 1 aromatic carbocycles. The number of phenols is 1. The molecule has 0 bridgehead atoms. The van der Waals surface area contributed by atoms with Crippen molar-refractivity contribution < 1.29 is 47.4 Å². The Labute approximate surface area is 233 Å². The lowest BCUT2D eigenvalue weighted by Crippen LogP contribution is -2.74. The number of likely N-dealkylation sites (tertiary alicyclic amines) is 1. The highest BCUT2D eigenvalue weighted by molar-refractivity contribution is 6.32. The van der Waals surface area contributed by atoms with Crippen molar-refractivity contribution in [3.05, 3.63) is 28.3 Å². The van der Waals surface area contributed by atoms with Crippen LogP contribution >= 0.6 is 0 Å². The SMILES string of the molecule is CN(C)[C@@H]1C(=O)C(C(N)=O)C(=O)[C@@]2(O)C(=O)C3C(=O)c4c(O)cc(CN5CCCCC5)c(C(F)(F)F)c4C[C@H]3C[C@@H]12. The van der Waals surface area contributed by atoms with Crippen LogP contribution in [-0.4, -0.2) is 87.9 Å². The van der Waals surface area contributed by atoms with Crippen LogP contribution in [0.4, 0.5) is 13.2 Å². The monoisotopic (exact) mass is 579 g/mol. The molecule has 1 amide bonds. The third-order valence-electron chi connectivity index (χ3n) is 9.27. The fraction of sp³-hybridized carbons (Fsp3) is 0.607. The van der Waals surface area contributed by atoms with Crippen LogP contribution in [0.2, 0.25) is 0 Å². The number of Topliss-reactive ketones (excluding diaryl/α,β-unsaturated/α-hetero) is 4. The molecule has 222 valence electrons. The number of piperidine rings is 1. The number of aromatic hydroxyl groups is 1. The van der Waals surface area contributed by atoms with Crippen LogP contribution in [0.1, 0.15) is 52.7 Å². The number of hydrogen-bond donors (Lipinski definition) is 3. The molecule has 0 radical (unpaired) electrons. The van der Waals surface area contributed by atoms with Crippen LogP contribution in [0, 0.1) is 23.7 Å². The molecule has 2 unspecified atom stereocenters. The van der Waals surface area contributed by atoms with Crippen LogP contribution < -0.4 is 5.73 Å². The van der Waals surface area contributed by atoms with Crippen molar-refractivity contribution in [2.75, 3.05) is 27.2 Å². The number of amides is 1. The van der Waals surface area contributed by atoms with Gasteiger partial charge >= 0.3 is 6.18 Å². The summed E-state index contributed by atoms with van der Waals surface area (Å²) < 4.78 is 43.8. The molecule has 3 aliphatic carbocycles. The molecular weight excluding hydrogens is 547 g/mol. The molecule has 5 rings (SSSR count). The topological polar surface area (TPSA) is 158 Å². The highest BCUT2D eigenvalue weighted by Gasteiger charge is 2.69. The Balaban J connectivity index is 1.64. The van der Waals surface area contributed by atoms with Gasteiger partial charge in [0.05, 0.1) is 23.1 Å². The van der Waals surface area contributed by atoms with Gasteiger partial charge in [-0.15, -0.1) is 0 Å². The second kappa shape index (κ2) is 9.99. The lowest BCUT2D eigenvalue weighted by molar-refractivity contribution is -0.181. The van der Waals surface area contributed by atoms with Gasteiger partial charge < -0.3 is 15.9 Å². The van der Waals surface area contributed by atoms with Gasteiger partial charge in [-0.2, -0.15) is 13.2 Å². The van der Waals surface area contributed by atoms with Gasteiger partial charge in [0.15, 0.2) is 34.7 Å². The molecule has 1 saturated heterocycles. The predicted molar refractivity (Wildman–Crippen MR) is 135 cm³/mol. The molecule has 1 aromatic rings. The second-order valence-corrected chi connectivity index (χ2v) is 11.9. The average Bonchev–Trinajstić information content (AvgIpc) is 2.85. The van der Waals surface area contributed by atoms with E-state index in [-0.39, 0.29) is 18.5 Å². The zero-order valence-corrected chi connectivity index (χ0v) is 22.7. The zero-order valence-electron chi connectivity index (χ0n) is 22.7. The minimum absolute atomic E-state index is 0.0838. The van der Waals surface area contributed by atoms with E-state index in [4.69, 9.17) is 5.73 Å². The number of nitrogens with zero attached hydrogens (tertiary/aromatic N) is 2. The summed E-state index contributed by atoms with van der Waals surface area (Å²) in [6.45, 7) is 1.10. The van der Waals surface area contributed by atoms with E-state index in [1.165, 1.54) is 19.0 Å². The third-order valence-corrected chi connectivity index (χ3v) is 9.27. The molecule has 0 aromatic heterocycles. The molecule has 1 aliphatic heterocycles. The number of alkyl halides is 3. The van der Waals surface area contributed by atoms with Gasteiger partial charge in [0.1, 0.15) is 5.75 Å². The number of likely N-dealkylation sites (N-methyl/N-ethyl adjacent to an activating group) is 1. The number of aliphatic hydroxyl groups is 1. The first-order valence-corrected chi connectivity index (χ1v) is 13.6. The molecule has 0 spiro atoms. The Morgan fingerprint density at radius 1 is 1.12 bits per heavy atom. The largest absolute Gasteiger partial charge is 0.507 e. The van der Waals surface area contributed by atoms with E-state index >= 15 is 0 Å². The molecule has 41 heavy (non-hydrogen) atoms. The van der Waals surface area contributed by atoms with Crippen molar-refractivity contribution in [2.45, 2.75) is 56.5 Å². The first-order valence-electron chi connectivity index (χ1n) is 13.6. The molecule has 3 fully saturated rings. The van der Waals surface area contributed by atoms with Crippen LogP contribution in [0.15, 0.2) is 6.07 Å². The summed E-state index contributed by atoms with van der Waals surface area (Å²) in [7, 11) is 2.86. The summed E-state index contributed by atoms with van der Waals surface area (Å²) >= 11 is 0. The second-order valence-electron chi connectivity index (χ2n) is 11.9. The van der Waals surface area contributed by atoms with Crippen molar-refractivity contribution in [2.24, 2.45) is 29.4 Å². The van der Waals surface area contributed by atoms with Crippen LogP contribution in [-0.2, 0) is 38.3 Å². The number of rotatable bonds is 4. The number of hydrogen-bond acceptors (Lipinski definition) is 9. The van der Waals surface area contributed by atoms with Gasteiger partial charge in [-0.3, -0.25) is 33.8 Å². The molecule has 4 aliphatic rings. The maximum Gasteiger partial charge on any atom is 0.417 e. The van der Waals surface area contributed by atoms with Crippen LogP contribution in [0.3, 0.4) is 0 Å². The normalized spacial score (nSPS) is 32.5. The quantitative estimate of drug-likeness (QED) is 0.440. The standard InChI is InChI=1S/C28H32F3N3O7/c1-33(2)21-15-9-12-8-14-18(16(35)10-13(20(14)28(29,30)31)11-34-6-4-3-5-7-34)22(36)17(12)24(38)27(15,41)25(39)19(23(21)37)26(32)40/h10,12,15,17,19,21,35,41H,3-9,11H2,1-2H3,(H2,32,40)/t12-,15-,17?,19?,21-,27-/m0/s1. The van der Waals surface area contributed by atoms with Crippen molar-refractivity contribution in [1.82, 2.24) is 9.80 Å². The molecule has 13 heteroatoms. The van der Waals surface area contributed by atoms with Gasteiger partial charge in [-0.05, 0) is 76.0 Å². The average molecular weight is 580 g/mol. The van der Waals surface area contributed by atoms with Gasteiger partial charge in [-0.1, -0.05) is 6.42 Å². The number of fused-ring (bicyclic) bond motifs is 3. The Bertz CT molecular complexity index is 1350. The summed E-state index contributed by atoms with van der Waals surface area (Å²) in [5.41, 5.74) is 0.0376. The fourth-order valence-corrected chi connectivity index (χ4v) is 7.58. The summed E-state index contributed by atoms with van der Waals surface area (Å²) in [4.78, 5) is 69.3. The van der Waals surface area contributed by atoms with Gasteiger partial charge in [0.2, 0.25) is 5.91 Å². The lowest BCUT2D eigenvalue weighted by atomic mass is 9.52. The van der Waals surface area contributed by atoms with E-state index in [9.17, 15) is 47.4 Å². The maximum absolute atomic E-state index is 14.6. The molecule has 1 heterocycles. The third kappa shape index (κ3) is 4.40. The van der Waals surface area contributed by atoms with Crippen molar-refractivity contribution in [3.63, 3.8) is 0 Å². The Morgan fingerprint density at radius 3 is 2.32 bits per heavy atom. The summed E-state index contributed by atoms with van der Waals surface area (Å²) in [6, 6.07) is -0.424. The number of carbonyl (C=O) groups is 5. The molecule has 6 atom stereocenters. The first kappa shape index (κ1) is 29.3. The van der Waals surface area contributed by atoms with E-state index in [0.29, 0.717) is 13.1 Å². The fourth-order valence-electron chi connectivity index (χ4n) is 7.58. The van der Waals surface area contributed by atoms with E-state index in [2.05, 4.69) is 0 Å². The number of nitrogens with two attached hydrogens (primary N) is 1. The van der Waals surface area contributed by atoms with Gasteiger partial charge in [0, 0.05) is 12.5 Å². The number of halogens is 3. The Hall–Kier alpha value is -3.16. The zero-order chi connectivity index (χ0) is 30.2. The van der Waals surface area contributed by atoms with Crippen molar-refractivity contribution >= 4 is 29.0 Å². The molecule has 2 saturated carbocycles. The lowest BCUT2D eigenvalue weighted by Gasteiger charge is -2.52. The molecular formula is C28H32F3N3O7. The smallest absolute Gasteiger partial charge is 0.417 e. The number of ketones is 4. The van der Waals surface area contributed by atoms with E-state index in [0.717, 1.165) is 25.3 Å². The summed E-state index contributed by atoms with van der Waals surface area (Å²) in [5, 5.41) is 22.4. The molecule has 4 N–H and O–H groups in total. The van der Waals surface area contributed by atoms with Gasteiger partial charge in [-0.25, -0.2) is 0 Å². The minimum Gasteiger partial charge on any atom is -0.507 e. The number of primary amides is 1. The van der Waals surface area contributed by atoms with Crippen LogP contribution in [0.5, 0.6) is 5.75 Å². The van der Waals surface area contributed by atoms with E-state index < -0.39 is 99.4 Å². The number of phenolic OH excluding ortho intramolecular Hbond substituents is 1. The highest BCUT2D eigenvalue weighted by atomic mass is 19.4. The first-order chi connectivity index (χ1) is 19.1. The van der Waals surface area contributed by atoms with Crippen molar-refractivity contribution in [3.8, 4) is 5.75 Å².